The molecule has 2 heterocycles. The summed E-state index contributed by atoms with van der Waals surface area (Å²) in [5, 5.41) is 9.38. The highest BCUT2D eigenvalue weighted by Crippen LogP contribution is 2.18. The van der Waals surface area contributed by atoms with E-state index in [4.69, 9.17) is 13.7 Å². The standard InChI is InChI=1S/C11H21NO5S.C10H19NO3/c1-11(2,3)16-10(13)12-7-5-6-9(8-12)17-18(4,14)15;1-10(2,3)14-9(13)11-6-4-5-8(12)7-11/h9H,5-8H2,1-4H3;8,12H,4-7H2,1-3H3/t9-;8-/m00/s1. The number of amides is 2. The second kappa shape index (κ2) is 11.5. The molecule has 0 spiro atoms. The zero-order valence-corrected chi connectivity index (χ0v) is 21.2. The van der Waals surface area contributed by atoms with Crippen LogP contribution >= 0.6 is 0 Å². The minimum absolute atomic E-state index is 0.252. The largest absolute Gasteiger partial charge is 0.444 e. The second-order valence-corrected chi connectivity index (χ2v) is 11.8. The van der Waals surface area contributed by atoms with Crippen molar-refractivity contribution in [1.82, 2.24) is 9.80 Å². The lowest BCUT2D eigenvalue weighted by Crippen LogP contribution is -2.45. The predicted molar refractivity (Wildman–Crippen MR) is 120 cm³/mol. The first kappa shape index (κ1) is 28.4. The van der Waals surface area contributed by atoms with Gasteiger partial charge in [0.1, 0.15) is 11.2 Å². The SMILES string of the molecule is CC(C)(C)OC(=O)N1CCC[C@H](O)C1.CC(C)(C)OC(=O)N1CCC[C@H](OS(C)(=O)=O)C1. The van der Waals surface area contributed by atoms with E-state index in [1.165, 1.54) is 4.90 Å². The molecule has 10 nitrogen and oxygen atoms in total. The number of rotatable bonds is 2. The first-order valence-corrected chi connectivity index (χ1v) is 12.8. The Bertz CT molecular complexity index is 727. The number of aliphatic hydroxyl groups is 1. The van der Waals surface area contributed by atoms with Crippen LogP contribution < -0.4 is 0 Å². The van der Waals surface area contributed by atoms with Crippen LogP contribution in [0, 0.1) is 0 Å². The molecule has 0 radical (unpaired) electrons. The molecule has 2 aliphatic heterocycles. The van der Waals surface area contributed by atoms with E-state index in [1.807, 2.05) is 20.8 Å². The number of β-amino-alcohol motifs (C(OH)–C–C–N with tert-alkyl or cyclic N) is 1. The summed E-state index contributed by atoms with van der Waals surface area (Å²) in [7, 11) is -3.49. The minimum Gasteiger partial charge on any atom is -0.444 e. The maximum atomic E-state index is 11.8. The van der Waals surface area contributed by atoms with E-state index >= 15 is 0 Å². The van der Waals surface area contributed by atoms with Gasteiger partial charge in [0.25, 0.3) is 10.1 Å². The van der Waals surface area contributed by atoms with Crippen molar-refractivity contribution in [2.45, 2.75) is 90.6 Å². The number of nitrogens with zero attached hydrogens (tertiary/aromatic N) is 2. The molecule has 0 aliphatic carbocycles. The highest BCUT2D eigenvalue weighted by molar-refractivity contribution is 7.86. The van der Waals surface area contributed by atoms with Crippen molar-refractivity contribution in [3.05, 3.63) is 0 Å². The normalized spacial score (nSPS) is 22.5. The van der Waals surface area contributed by atoms with Crippen LogP contribution in [0.25, 0.3) is 0 Å². The van der Waals surface area contributed by atoms with Crippen molar-refractivity contribution < 1.29 is 36.8 Å². The molecule has 2 saturated heterocycles. The lowest BCUT2D eigenvalue weighted by Gasteiger charge is -2.33. The Morgan fingerprint density at radius 1 is 0.844 bits per heavy atom. The van der Waals surface area contributed by atoms with Crippen LogP contribution in [-0.2, 0) is 23.8 Å². The van der Waals surface area contributed by atoms with Crippen molar-refractivity contribution in [1.29, 1.82) is 0 Å². The Morgan fingerprint density at radius 2 is 1.28 bits per heavy atom. The maximum Gasteiger partial charge on any atom is 0.410 e. The molecule has 0 aromatic carbocycles. The van der Waals surface area contributed by atoms with Gasteiger partial charge in [-0.3, -0.25) is 4.18 Å². The van der Waals surface area contributed by atoms with Crippen LogP contribution in [-0.4, -0.2) is 91.4 Å². The van der Waals surface area contributed by atoms with Crippen LogP contribution in [0.3, 0.4) is 0 Å². The fourth-order valence-corrected chi connectivity index (χ4v) is 3.85. The Hall–Kier alpha value is -1.59. The van der Waals surface area contributed by atoms with Gasteiger partial charge in [-0.15, -0.1) is 0 Å². The van der Waals surface area contributed by atoms with Gasteiger partial charge in [0.15, 0.2) is 0 Å². The van der Waals surface area contributed by atoms with Crippen LogP contribution in [0.4, 0.5) is 9.59 Å². The van der Waals surface area contributed by atoms with Gasteiger partial charge in [0.2, 0.25) is 0 Å². The summed E-state index contributed by atoms with van der Waals surface area (Å²) in [6, 6.07) is 0. The Kier molecular flexibility index (Phi) is 10.2. The molecule has 32 heavy (non-hydrogen) atoms. The van der Waals surface area contributed by atoms with E-state index < -0.39 is 39.6 Å². The van der Waals surface area contributed by atoms with Crippen molar-refractivity contribution >= 4 is 22.3 Å². The molecule has 11 heteroatoms. The van der Waals surface area contributed by atoms with Gasteiger partial charge in [0, 0.05) is 19.6 Å². The highest BCUT2D eigenvalue weighted by atomic mass is 32.2. The van der Waals surface area contributed by atoms with Gasteiger partial charge in [-0.05, 0) is 67.2 Å². The number of likely N-dealkylation sites (tertiary alicyclic amines) is 2. The summed E-state index contributed by atoms with van der Waals surface area (Å²) >= 11 is 0. The number of carbonyl (C=O) groups excluding carboxylic acids is 2. The van der Waals surface area contributed by atoms with Gasteiger partial charge in [-0.1, -0.05) is 0 Å². The highest BCUT2D eigenvalue weighted by Gasteiger charge is 2.30. The predicted octanol–water partition coefficient (Wildman–Crippen LogP) is 2.74. The molecule has 0 aromatic heterocycles. The van der Waals surface area contributed by atoms with E-state index in [1.54, 1.807) is 25.7 Å². The molecule has 188 valence electrons. The summed E-state index contributed by atoms with van der Waals surface area (Å²) < 4.78 is 37.4. The first-order chi connectivity index (χ1) is 14.5. The van der Waals surface area contributed by atoms with E-state index in [0.717, 1.165) is 19.1 Å². The first-order valence-electron chi connectivity index (χ1n) is 11.0. The van der Waals surface area contributed by atoms with E-state index in [2.05, 4.69) is 0 Å². The van der Waals surface area contributed by atoms with E-state index in [0.29, 0.717) is 32.5 Å². The number of piperidine rings is 2. The summed E-state index contributed by atoms with van der Waals surface area (Å²) in [6.07, 6.45) is 2.36. The maximum absolute atomic E-state index is 11.8. The quantitative estimate of drug-likeness (QED) is 0.599. The molecule has 0 saturated carbocycles. The molecule has 0 aromatic rings. The Labute approximate surface area is 192 Å². The fraction of sp³-hybridized carbons (Fsp3) is 0.905. The monoisotopic (exact) mass is 480 g/mol. The van der Waals surface area contributed by atoms with E-state index in [9.17, 15) is 23.1 Å². The number of carbonyl (C=O) groups is 2. The Balaban J connectivity index is 0.000000330. The summed E-state index contributed by atoms with van der Waals surface area (Å²) in [6.45, 7) is 12.8. The number of ether oxygens (including phenoxy) is 2. The third-order valence-corrected chi connectivity index (χ3v) is 5.01. The summed E-state index contributed by atoms with van der Waals surface area (Å²) in [4.78, 5) is 26.4. The Morgan fingerprint density at radius 3 is 1.69 bits per heavy atom. The van der Waals surface area contributed by atoms with E-state index in [-0.39, 0.29) is 12.6 Å². The average molecular weight is 481 g/mol. The lowest BCUT2D eigenvalue weighted by molar-refractivity contribution is 0.00385. The molecule has 1 N–H and O–H groups in total. The van der Waals surface area contributed by atoms with Gasteiger partial charge >= 0.3 is 12.2 Å². The van der Waals surface area contributed by atoms with Gasteiger partial charge in [0.05, 0.1) is 25.0 Å². The molecule has 2 fully saturated rings. The van der Waals surface area contributed by atoms with Crippen molar-refractivity contribution in [3.63, 3.8) is 0 Å². The van der Waals surface area contributed by atoms with Crippen LogP contribution in [0.15, 0.2) is 0 Å². The summed E-state index contributed by atoms with van der Waals surface area (Å²) in [5.41, 5.74) is -1.01. The molecule has 2 atom stereocenters. The molecular weight excluding hydrogens is 440 g/mol. The second-order valence-electron chi connectivity index (χ2n) is 10.2. The zero-order chi connectivity index (χ0) is 24.7. The van der Waals surface area contributed by atoms with Crippen molar-refractivity contribution in [3.8, 4) is 0 Å². The van der Waals surface area contributed by atoms with Gasteiger partial charge < -0.3 is 24.4 Å². The molecule has 2 rings (SSSR count). The minimum atomic E-state index is -3.49. The number of hydrogen-bond acceptors (Lipinski definition) is 8. The zero-order valence-electron chi connectivity index (χ0n) is 20.4. The van der Waals surface area contributed by atoms with Gasteiger partial charge in [-0.25, -0.2) is 9.59 Å². The summed E-state index contributed by atoms with van der Waals surface area (Å²) in [5.74, 6) is 0. The molecule has 2 amide bonds. The van der Waals surface area contributed by atoms with Crippen molar-refractivity contribution in [2.24, 2.45) is 0 Å². The fourth-order valence-electron chi connectivity index (χ4n) is 3.20. The average Bonchev–Trinajstić information content (AvgIpc) is 2.58. The number of hydrogen-bond donors (Lipinski definition) is 1. The molecule has 0 bridgehead atoms. The number of aliphatic hydroxyl groups excluding tert-OH is 1. The smallest absolute Gasteiger partial charge is 0.410 e. The molecular formula is C21H40N2O8S. The van der Waals surface area contributed by atoms with Crippen molar-refractivity contribution in [2.75, 3.05) is 32.4 Å². The third kappa shape index (κ3) is 12.4. The molecule has 2 aliphatic rings. The third-order valence-electron chi connectivity index (χ3n) is 4.39. The lowest BCUT2D eigenvalue weighted by atomic mass is 10.1. The van der Waals surface area contributed by atoms with Crippen LogP contribution in [0.2, 0.25) is 0 Å². The molecule has 0 unspecified atom stereocenters. The van der Waals surface area contributed by atoms with Crippen LogP contribution in [0.5, 0.6) is 0 Å². The topological polar surface area (TPSA) is 123 Å². The van der Waals surface area contributed by atoms with Gasteiger partial charge in [-0.2, -0.15) is 8.42 Å². The van der Waals surface area contributed by atoms with Crippen LogP contribution in [0.1, 0.15) is 67.2 Å².